The number of carbonyl (C=O) groups excluding carboxylic acids is 1. The van der Waals surface area contributed by atoms with Gasteiger partial charge in [0, 0.05) is 24.2 Å². The lowest BCUT2D eigenvalue weighted by Crippen LogP contribution is -2.28. The molecule has 6 nitrogen and oxygen atoms in total. The Bertz CT molecular complexity index is 989. The maximum atomic E-state index is 13.9. The molecule has 0 aliphatic carbocycles. The minimum absolute atomic E-state index is 0.0903. The minimum atomic E-state index is -0.432. The summed E-state index contributed by atoms with van der Waals surface area (Å²) < 4.78 is 15.5. The summed E-state index contributed by atoms with van der Waals surface area (Å²) >= 11 is 7.26. The number of aromatic nitrogens is 4. The number of thioether (sulfide) groups is 1. The Morgan fingerprint density at radius 1 is 1.25 bits per heavy atom. The quantitative estimate of drug-likeness (QED) is 0.568. The van der Waals surface area contributed by atoms with Crippen molar-refractivity contribution in [2.75, 3.05) is 12.8 Å². The number of amides is 1. The van der Waals surface area contributed by atoms with Crippen molar-refractivity contribution < 1.29 is 9.18 Å². The molecule has 1 aromatic heterocycles. The van der Waals surface area contributed by atoms with Gasteiger partial charge in [0.25, 0.3) is 0 Å². The van der Waals surface area contributed by atoms with Crippen molar-refractivity contribution in [1.29, 1.82) is 0 Å². The van der Waals surface area contributed by atoms with Gasteiger partial charge in [-0.25, -0.2) is 4.39 Å². The molecule has 0 saturated heterocycles. The molecule has 3 aromatic rings. The van der Waals surface area contributed by atoms with Crippen LogP contribution in [0.25, 0.3) is 5.69 Å². The van der Waals surface area contributed by atoms with E-state index in [1.165, 1.54) is 34.4 Å². The minimum Gasteiger partial charge on any atom is -0.341 e. The maximum Gasteiger partial charge on any atom is 0.233 e. The Morgan fingerprint density at radius 3 is 2.75 bits per heavy atom. The van der Waals surface area contributed by atoms with Crippen molar-refractivity contribution >= 4 is 29.3 Å². The largest absolute Gasteiger partial charge is 0.341 e. The number of aryl methyl sites for hydroxylation is 2. The average molecular weight is 420 g/mol. The molecule has 2 aromatic carbocycles. The van der Waals surface area contributed by atoms with Crippen molar-refractivity contribution in [1.82, 2.24) is 25.1 Å². The van der Waals surface area contributed by atoms with Gasteiger partial charge in [-0.2, -0.15) is 4.68 Å². The smallest absolute Gasteiger partial charge is 0.233 e. The van der Waals surface area contributed by atoms with Crippen LogP contribution in [0.3, 0.4) is 0 Å². The summed E-state index contributed by atoms with van der Waals surface area (Å²) in [7, 11) is 1.61. The fraction of sp³-hybridized carbons (Fsp3) is 0.263. The SMILES string of the molecule is Cc1ccc(-n2nnnc2SCC(=O)N(C)Cc2c(F)cccc2Cl)cc1C. The van der Waals surface area contributed by atoms with Crippen LogP contribution in [0.4, 0.5) is 4.39 Å². The molecule has 3 rings (SSSR count). The molecule has 0 saturated carbocycles. The standard InChI is InChI=1S/C19H19ClFN5OS/c1-12-7-8-14(9-13(12)2)26-19(22-23-24-26)28-11-18(27)25(3)10-15-16(20)5-4-6-17(15)21/h4-9H,10-11H2,1-3H3. The van der Waals surface area contributed by atoms with Crippen LogP contribution in [-0.2, 0) is 11.3 Å². The number of tetrazole rings is 1. The molecule has 0 atom stereocenters. The molecule has 0 bridgehead atoms. The van der Waals surface area contributed by atoms with Gasteiger partial charge in [0.2, 0.25) is 11.1 Å². The monoisotopic (exact) mass is 419 g/mol. The highest BCUT2D eigenvalue weighted by Gasteiger charge is 2.17. The zero-order valence-electron chi connectivity index (χ0n) is 15.7. The molecular formula is C19H19ClFN5OS. The molecule has 0 aliphatic rings. The van der Waals surface area contributed by atoms with E-state index in [0.29, 0.717) is 15.7 Å². The third-order valence-corrected chi connectivity index (χ3v) is 5.64. The van der Waals surface area contributed by atoms with Crippen LogP contribution in [0.15, 0.2) is 41.6 Å². The molecule has 1 heterocycles. The van der Waals surface area contributed by atoms with Gasteiger partial charge in [-0.05, 0) is 59.7 Å². The van der Waals surface area contributed by atoms with Crippen molar-refractivity contribution in [3.63, 3.8) is 0 Å². The van der Waals surface area contributed by atoms with Crippen LogP contribution in [0, 0.1) is 19.7 Å². The Labute approximate surface area is 171 Å². The number of rotatable bonds is 6. The van der Waals surface area contributed by atoms with Gasteiger partial charge in [0.1, 0.15) is 5.82 Å². The van der Waals surface area contributed by atoms with E-state index in [2.05, 4.69) is 15.5 Å². The van der Waals surface area contributed by atoms with Gasteiger partial charge in [-0.15, -0.1) is 5.10 Å². The molecule has 0 N–H and O–H groups in total. The highest BCUT2D eigenvalue weighted by atomic mass is 35.5. The first-order valence-corrected chi connectivity index (χ1v) is 9.89. The van der Waals surface area contributed by atoms with Crippen LogP contribution in [0.1, 0.15) is 16.7 Å². The zero-order chi connectivity index (χ0) is 20.3. The summed E-state index contributed by atoms with van der Waals surface area (Å²) in [6.45, 7) is 4.14. The molecule has 0 aliphatic heterocycles. The average Bonchev–Trinajstić information content (AvgIpc) is 3.13. The summed E-state index contributed by atoms with van der Waals surface area (Å²) in [5.74, 6) is -0.495. The zero-order valence-corrected chi connectivity index (χ0v) is 17.3. The van der Waals surface area contributed by atoms with Crippen molar-refractivity contribution in [2.24, 2.45) is 0 Å². The number of carbonyl (C=O) groups is 1. The molecule has 146 valence electrons. The lowest BCUT2D eigenvalue weighted by atomic mass is 10.1. The second-order valence-corrected chi connectivity index (χ2v) is 7.73. The third-order valence-electron chi connectivity index (χ3n) is 4.38. The maximum absolute atomic E-state index is 13.9. The summed E-state index contributed by atoms with van der Waals surface area (Å²) in [6.07, 6.45) is 0. The topological polar surface area (TPSA) is 63.9 Å². The van der Waals surface area contributed by atoms with E-state index >= 15 is 0 Å². The number of halogens is 2. The molecule has 0 radical (unpaired) electrons. The molecule has 0 fully saturated rings. The van der Waals surface area contributed by atoms with Crippen molar-refractivity contribution in [3.05, 3.63) is 63.9 Å². The van der Waals surface area contributed by atoms with Crippen molar-refractivity contribution in [2.45, 2.75) is 25.5 Å². The van der Waals surface area contributed by atoms with Gasteiger partial charge >= 0.3 is 0 Å². The van der Waals surface area contributed by atoms with E-state index in [-0.39, 0.29) is 18.2 Å². The molecule has 1 amide bonds. The Kier molecular flexibility index (Phi) is 6.31. The lowest BCUT2D eigenvalue weighted by Gasteiger charge is -2.18. The van der Waals surface area contributed by atoms with Crippen LogP contribution in [-0.4, -0.2) is 43.8 Å². The van der Waals surface area contributed by atoms with Crippen LogP contribution < -0.4 is 0 Å². The van der Waals surface area contributed by atoms with E-state index in [4.69, 9.17) is 11.6 Å². The number of hydrogen-bond donors (Lipinski definition) is 0. The van der Waals surface area contributed by atoms with Crippen molar-refractivity contribution in [3.8, 4) is 5.69 Å². The predicted octanol–water partition coefficient (Wildman–Crippen LogP) is 3.82. The second-order valence-electron chi connectivity index (χ2n) is 6.38. The normalized spacial score (nSPS) is 10.9. The summed E-state index contributed by atoms with van der Waals surface area (Å²) in [5.41, 5.74) is 3.43. The Balaban J connectivity index is 1.67. The van der Waals surface area contributed by atoms with E-state index in [1.807, 2.05) is 32.0 Å². The summed E-state index contributed by atoms with van der Waals surface area (Å²) in [6, 6.07) is 10.4. The molecular weight excluding hydrogens is 401 g/mol. The third kappa shape index (κ3) is 4.51. The molecule has 0 unspecified atom stereocenters. The summed E-state index contributed by atoms with van der Waals surface area (Å²) in [5, 5.41) is 12.5. The molecule has 0 spiro atoms. The fourth-order valence-corrected chi connectivity index (χ4v) is 3.59. The first-order chi connectivity index (χ1) is 13.4. The van der Waals surface area contributed by atoms with Gasteiger partial charge in [0.15, 0.2) is 0 Å². The van der Waals surface area contributed by atoms with Crippen LogP contribution >= 0.6 is 23.4 Å². The van der Waals surface area contributed by atoms with E-state index in [1.54, 1.807) is 17.8 Å². The fourth-order valence-electron chi connectivity index (χ4n) is 2.53. The summed E-state index contributed by atoms with van der Waals surface area (Å²) in [4.78, 5) is 13.9. The van der Waals surface area contributed by atoms with Gasteiger partial charge in [-0.3, -0.25) is 4.79 Å². The molecule has 9 heteroatoms. The van der Waals surface area contributed by atoms with E-state index < -0.39 is 5.82 Å². The van der Waals surface area contributed by atoms with Crippen LogP contribution in [0.2, 0.25) is 5.02 Å². The highest BCUT2D eigenvalue weighted by molar-refractivity contribution is 7.99. The van der Waals surface area contributed by atoms with Crippen LogP contribution in [0.5, 0.6) is 0 Å². The van der Waals surface area contributed by atoms with E-state index in [9.17, 15) is 9.18 Å². The van der Waals surface area contributed by atoms with Gasteiger partial charge in [-0.1, -0.05) is 35.5 Å². The lowest BCUT2D eigenvalue weighted by molar-refractivity contribution is -0.127. The van der Waals surface area contributed by atoms with Gasteiger partial charge in [0.05, 0.1) is 11.4 Å². The Morgan fingerprint density at radius 2 is 2.04 bits per heavy atom. The number of hydrogen-bond acceptors (Lipinski definition) is 5. The molecule has 28 heavy (non-hydrogen) atoms. The number of nitrogens with zero attached hydrogens (tertiary/aromatic N) is 5. The predicted molar refractivity (Wildman–Crippen MR) is 107 cm³/mol. The second kappa shape index (κ2) is 8.70. The number of benzene rings is 2. The Hall–Kier alpha value is -2.45. The first-order valence-electron chi connectivity index (χ1n) is 8.52. The van der Waals surface area contributed by atoms with E-state index in [0.717, 1.165) is 11.3 Å². The van der Waals surface area contributed by atoms with Gasteiger partial charge < -0.3 is 4.90 Å². The first kappa shape index (κ1) is 20.3. The highest BCUT2D eigenvalue weighted by Crippen LogP contribution is 2.23.